The van der Waals surface area contributed by atoms with Crippen molar-refractivity contribution in [1.82, 2.24) is 0 Å². The number of hydrogen-bond donors (Lipinski definition) is 0. The van der Waals surface area contributed by atoms with Gasteiger partial charge in [-0.05, 0) is 55.7 Å². The molecule has 136 valence electrons. The van der Waals surface area contributed by atoms with Crippen molar-refractivity contribution in [2.45, 2.75) is 85.4 Å². The fourth-order valence-electron chi connectivity index (χ4n) is 3.83. The smallest absolute Gasteiger partial charge is 0.205 e. The van der Waals surface area contributed by atoms with E-state index in [0.29, 0.717) is 18.4 Å². The number of hydrogen-bond acceptors (Lipinski definition) is 2. The maximum Gasteiger partial charge on any atom is 0.205 e. The van der Waals surface area contributed by atoms with Crippen molar-refractivity contribution in [3.8, 4) is 5.75 Å². The van der Waals surface area contributed by atoms with E-state index in [4.69, 9.17) is 9.47 Å². The van der Waals surface area contributed by atoms with Gasteiger partial charge >= 0.3 is 0 Å². The Balaban J connectivity index is 2.09. The summed E-state index contributed by atoms with van der Waals surface area (Å²) in [6, 6.07) is 8.59. The summed E-state index contributed by atoms with van der Waals surface area (Å²) in [5, 5.41) is 0. The third-order valence-electron chi connectivity index (χ3n) is 5.89. The zero-order valence-corrected chi connectivity index (χ0v) is 16.3. The predicted molar refractivity (Wildman–Crippen MR) is 102 cm³/mol. The van der Waals surface area contributed by atoms with Crippen molar-refractivity contribution in [2.24, 2.45) is 11.3 Å². The normalized spacial score (nSPS) is 19.0. The molecule has 2 heteroatoms. The minimum Gasteiger partial charge on any atom is -0.464 e. The van der Waals surface area contributed by atoms with Gasteiger partial charge in [0.2, 0.25) is 6.29 Å². The summed E-state index contributed by atoms with van der Waals surface area (Å²) in [6.07, 6.45) is 7.65. The fourth-order valence-corrected chi connectivity index (χ4v) is 3.83. The highest BCUT2D eigenvalue weighted by Crippen LogP contribution is 2.42. The quantitative estimate of drug-likeness (QED) is 0.503. The summed E-state index contributed by atoms with van der Waals surface area (Å²) in [4.78, 5) is 0. The molecule has 24 heavy (non-hydrogen) atoms. The van der Waals surface area contributed by atoms with Crippen LogP contribution in [-0.4, -0.2) is 12.9 Å². The largest absolute Gasteiger partial charge is 0.464 e. The summed E-state index contributed by atoms with van der Waals surface area (Å²) in [7, 11) is 0. The van der Waals surface area contributed by atoms with E-state index in [2.05, 4.69) is 58.9 Å². The van der Waals surface area contributed by atoms with E-state index < -0.39 is 0 Å². The highest BCUT2D eigenvalue weighted by Gasteiger charge is 2.40. The van der Waals surface area contributed by atoms with E-state index in [0.717, 1.165) is 12.2 Å². The lowest BCUT2D eigenvalue weighted by atomic mass is 9.70. The molecule has 1 saturated carbocycles. The molecule has 0 aromatic heterocycles. The van der Waals surface area contributed by atoms with Crippen LogP contribution >= 0.6 is 0 Å². The Morgan fingerprint density at radius 2 is 1.67 bits per heavy atom. The molecule has 1 aliphatic rings. The van der Waals surface area contributed by atoms with Crippen LogP contribution in [0.15, 0.2) is 24.3 Å². The highest BCUT2D eigenvalue weighted by atomic mass is 16.7. The first kappa shape index (κ1) is 19.3. The van der Waals surface area contributed by atoms with Gasteiger partial charge in [-0.2, -0.15) is 0 Å². The van der Waals surface area contributed by atoms with Gasteiger partial charge < -0.3 is 9.47 Å². The van der Waals surface area contributed by atoms with Gasteiger partial charge in [0.05, 0.1) is 0 Å². The van der Waals surface area contributed by atoms with Gasteiger partial charge in [0, 0.05) is 12.0 Å². The van der Waals surface area contributed by atoms with Crippen LogP contribution in [0.3, 0.4) is 0 Å². The zero-order valence-electron chi connectivity index (χ0n) is 16.3. The second kappa shape index (κ2) is 8.89. The maximum atomic E-state index is 6.32. The van der Waals surface area contributed by atoms with E-state index in [1.165, 1.54) is 37.7 Å². The molecule has 2 unspecified atom stereocenters. The van der Waals surface area contributed by atoms with Crippen molar-refractivity contribution in [1.29, 1.82) is 0 Å². The van der Waals surface area contributed by atoms with Gasteiger partial charge in [-0.3, -0.25) is 0 Å². The third kappa shape index (κ3) is 4.75. The van der Waals surface area contributed by atoms with Gasteiger partial charge in [-0.25, -0.2) is 0 Å². The number of ether oxygens (including phenoxy) is 2. The van der Waals surface area contributed by atoms with Crippen LogP contribution in [0.25, 0.3) is 0 Å². The lowest BCUT2D eigenvalue weighted by Gasteiger charge is -2.42. The molecule has 2 rings (SSSR count). The van der Waals surface area contributed by atoms with E-state index in [1.54, 1.807) is 0 Å². The number of benzene rings is 1. The van der Waals surface area contributed by atoms with Crippen molar-refractivity contribution in [3.05, 3.63) is 29.8 Å². The van der Waals surface area contributed by atoms with Crippen LogP contribution in [-0.2, 0) is 4.74 Å². The van der Waals surface area contributed by atoms with E-state index in [-0.39, 0.29) is 11.7 Å². The Morgan fingerprint density at radius 1 is 1.04 bits per heavy atom. The van der Waals surface area contributed by atoms with E-state index >= 15 is 0 Å². The van der Waals surface area contributed by atoms with Crippen LogP contribution in [0.5, 0.6) is 5.75 Å². The molecule has 0 amide bonds. The van der Waals surface area contributed by atoms with Gasteiger partial charge in [0.25, 0.3) is 0 Å². The summed E-state index contributed by atoms with van der Waals surface area (Å²) < 4.78 is 12.4. The van der Waals surface area contributed by atoms with Crippen LogP contribution in [0.2, 0.25) is 0 Å². The van der Waals surface area contributed by atoms with Gasteiger partial charge in [-0.15, -0.1) is 0 Å². The number of rotatable bonds is 8. The molecule has 0 heterocycles. The molecule has 1 aromatic rings. The Bertz CT molecular complexity index is 471. The molecule has 0 radical (unpaired) electrons. The highest BCUT2D eigenvalue weighted by molar-refractivity contribution is 5.29. The van der Waals surface area contributed by atoms with Crippen molar-refractivity contribution in [2.75, 3.05) is 6.61 Å². The van der Waals surface area contributed by atoms with Crippen LogP contribution in [0, 0.1) is 11.3 Å². The molecule has 1 aliphatic carbocycles. The van der Waals surface area contributed by atoms with Gasteiger partial charge in [0.1, 0.15) is 5.75 Å². The van der Waals surface area contributed by atoms with Crippen molar-refractivity contribution < 1.29 is 9.47 Å². The first-order valence-electron chi connectivity index (χ1n) is 9.87. The summed E-state index contributed by atoms with van der Waals surface area (Å²) in [6.45, 7) is 11.9. The Labute approximate surface area is 148 Å². The molecule has 2 nitrogen and oxygen atoms in total. The molecule has 0 saturated heterocycles. The van der Waals surface area contributed by atoms with E-state index in [1.807, 2.05) is 0 Å². The standard InChI is InChI=1S/C22H36O2/c1-6-17(3)18-13-15-20(16-14-18)24-21(23-7-2)22(4,5)19-11-9-8-10-12-19/h13-17,19,21H,6-12H2,1-5H3. The summed E-state index contributed by atoms with van der Waals surface area (Å²) in [5.74, 6) is 2.20. The molecule has 1 fully saturated rings. The minimum absolute atomic E-state index is 0.0335. The van der Waals surface area contributed by atoms with Crippen molar-refractivity contribution >= 4 is 0 Å². The average Bonchev–Trinajstić information content (AvgIpc) is 2.62. The van der Waals surface area contributed by atoms with Gasteiger partial charge in [0.15, 0.2) is 0 Å². The van der Waals surface area contributed by atoms with Gasteiger partial charge in [-0.1, -0.05) is 59.1 Å². The summed E-state index contributed by atoms with van der Waals surface area (Å²) in [5.41, 5.74) is 1.41. The third-order valence-corrected chi connectivity index (χ3v) is 5.89. The lowest BCUT2D eigenvalue weighted by molar-refractivity contribution is -0.165. The van der Waals surface area contributed by atoms with Crippen molar-refractivity contribution in [3.63, 3.8) is 0 Å². The molecule has 0 N–H and O–H groups in total. The minimum atomic E-state index is -0.181. The molecule has 0 spiro atoms. The first-order chi connectivity index (χ1) is 11.5. The second-order valence-electron chi connectivity index (χ2n) is 7.94. The molecule has 1 aromatic carbocycles. The molecule has 0 aliphatic heterocycles. The Morgan fingerprint density at radius 3 is 2.21 bits per heavy atom. The van der Waals surface area contributed by atoms with Crippen LogP contribution in [0.4, 0.5) is 0 Å². The summed E-state index contributed by atoms with van der Waals surface area (Å²) >= 11 is 0. The molecule has 2 atom stereocenters. The monoisotopic (exact) mass is 332 g/mol. The zero-order chi connectivity index (χ0) is 17.6. The van der Waals surface area contributed by atoms with Crippen LogP contribution in [0.1, 0.15) is 84.6 Å². The SMILES string of the molecule is CCOC(Oc1ccc(C(C)CC)cc1)C(C)(C)C1CCCCC1. The Hall–Kier alpha value is -1.02. The maximum absolute atomic E-state index is 6.32. The van der Waals surface area contributed by atoms with E-state index in [9.17, 15) is 0 Å². The Kier molecular flexibility index (Phi) is 7.16. The van der Waals surface area contributed by atoms with Crippen LogP contribution < -0.4 is 4.74 Å². The molecular formula is C22H36O2. The first-order valence-corrected chi connectivity index (χ1v) is 9.87. The fraction of sp³-hybridized carbons (Fsp3) is 0.727. The topological polar surface area (TPSA) is 18.5 Å². The predicted octanol–water partition coefficient (Wildman–Crippen LogP) is 6.55. The molecular weight excluding hydrogens is 296 g/mol. The average molecular weight is 333 g/mol. The lowest BCUT2D eigenvalue weighted by Crippen LogP contribution is -2.43. The second-order valence-corrected chi connectivity index (χ2v) is 7.94. The molecule has 0 bridgehead atoms.